The molecule has 1 aliphatic carbocycles. The number of likely N-dealkylation sites (N-methyl/N-ethyl adjacent to an activating group) is 1. The van der Waals surface area contributed by atoms with Crippen LogP contribution in [-0.4, -0.2) is 35.4 Å². The van der Waals surface area contributed by atoms with Crippen molar-refractivity contribution >= 4 is 0 Å². The van der Waals surface area contributed by atoms with Crippen LogP contribution >= 0.6 is 0 Å². The molecule has 0 radical (unpaired) electrons. The molecule has 2 aromatic rings. The zero-order valence-corrected chi connectivity index (χ0v) is 15.0. The number of rotatable bonds is 7. The molecule has 1 aromatic carbocycles. The summed E-state index contributed by atoms with van der Waals surface area (Å²) in [5, 5.41) is 22.8. The fraction of sp³-hybridized carbons (Fsp3) is 0.450. The number of hydrogen-bond acceptors (Lipinski definition) is 5. The molecule has 1 unspecified atom stereocenters. The molecule has 3 N–H and O–H groups in total. The molecule has 1 atom stereocenters. The van der Waals surface area contributed by atoms with E-state index in [0.717, 1.165) is 29.1 Å². The SMILES string of the molecule is CCOc1c(C)cc(C(CNC)C2CC2)nc1-c1ccc(O)c(O)c1. The first-order valence-corrected chi connectivity index (χ1v) is 8.86. The van der Waals surface area contributed by atoms with Crippen molar-refractivity contribution in [3.05, 3.63) is 35.5 Å². The highest BCUT2D eigenvalue weighted by molar-refractivity contribution is 5.71. The van der Waals surface area contributed by atoms with E-state index in [4.69, 9.17) is 9.72 Å². The van der Waals surface area contributed by atoms with Gasteiger partial charge in [0, 0.05) is 23.7 Å². The molecule has 0 amide bonds. The maximum Gasteiger partial charge on any atom is 0.158 e. The number of pyridine rings is 1. The molecular formula is C20H26N2O3. The average molecular weight is 342 g/mol. The largest absolute Gasteiger partial charge is 0.504 e. The standard InChI is InChI=1S/C20H26N2O3/c1-4-25-20-12(2)9-16(15(11-21-3)13-5-6-13)22-19(20)14-7-8-17(23)18(24)10-14/h7-10,13,15,21,23-24H,4-6,11H2,1-3H3. The van der Waals surface area contributed by atoms with Crippen LogP contribution in [-0.2, 0) is 0 Å². The molecule has 25 heavy (non-hydrogen) atoms. The Hall–Kier alpha value is -2.27. The summed E-state index contributed by atoms with van der Waals surface area (Å²) in [4.78, 5) is 4.92. The van der Waals surface area contributed by atoms with Crippen molar-refractivity contribution in [2.24, 2.45) is 5.92 Å². The maximum atomic E-state index is 9.88. The Balaban J connectivity index is 2.11. The second-order valence-corrected chi connectivity index (χ2v) is 6.68. The van der Waals surface area contributed by atoms with E-state index in [0.29, 0.717) is 24.1 Å². The average Bonchev–Trinajstić information content (AvgIpc) is 3.42. The lowest BCUT2D eigenvalue weighted by Gasteiger charge is -2.20. The van der Waals surface area contributed by atoms with Crippen molar-refractivity contribution in [3.8, 4) is 28.5 Å². The number of aromatic nitrogens is 1. The topological polar surface area (TPSA) is 74.6 Å². The van der Waals surface area contributed by atoms with Crippen LogP contribution in [0.1, 0.15) is 36.9 Å². The summed E-state index contributed by atoms with van der Waals surface area (Å²) in [5.41, 5.74) is 3.55. The number of hydrogen-bond donors (Lipinski definition) is 3. The Labute approximate surface area is 148 Å². The predicted octanol–water partition coefficient (Wildman–Crippen LogP) is 3.58. The van der Waals surface area contributed by atoms with Crippen LogP contribution in [0.25, 0.3) is 11.3 Å². The van der Waals surface area contributed by atoms with Crippen molar-refractivity contribution in [2.75, 3.05) is 20.2 Å². The van der Waals surface area contributed by atoms with E-state index >= 15 is 0 Å². The summed E-state index contributed by atoms with van der Waals surface area (Å²) in [6.45, 7) is 5.41. The Morgan fingerprint density at radius 1 is 1.24 bits per heavy atom. The number of aryl methyl sites for hydroxylation is 1. The third kappa shape index (κ3) is 3.71. The van der Waals surface area contributed by atoms with Gasteiger partial charge in [-0.05, 0) is 69.5 Å². The van der Waals surface area contributed by atoms with Gasteiger partial charge in [0.1, 0.15) is 11.4 Å². The number of nitrogens with one attached hydrogen (secondary N) is 1. The molecule has 1 aromatic heterocycles. The van der Waals surface area contributed by atoms with Crippen molar-refractivity contribution in [2.45, 2.75) is 32.6 Å². The molecule has 0 bridgehead atoms. The highest BCUT2D eigenvalue weighted by Crippen LogP contribution is 2.44. The van der Waals surface area contributed by atoms with E-state index in [9.17, 15) is 10.2 Å². The Kier molecular flexibility index (Phi) is 5.13. The molecule has 1 heterocycles. The molecule has 0 aliphatic heterocycles. The number of phenolic OH excluding ortho intramolecular Hbond substituents is 2. The van der Waals surface area contributed by atoms with Crippen LogP contribution in [0.5, 0.6) is 17.2 Å². The van der Waals surface area contributed by atoms with Gasteiger partial charge in [-0.3, -0.25) is 0 Å². The highest BCUT2D eigenvalue weighted by Gasteiger charge is 2.33. The minimum Gasteiger partial charge on any atom is -0.504 e. The second kappa shape index (κ2) is 7.31. The number of nitrogens with zero attached hydrogens (tertiary/aromatic N) is 1. The van der Waals surface area contributed by atoms with Crippen LogP contribution in [0.2, 0.25) is 0 Å². The lowest BCUT2D eigenvalue weighted by Crippen LogP contribution is -2.20. The van der Waals surface area contributed by atoms with Gasteiger partial charge in [0.25, 0.3) is 0 Å². The maximum absolute atomic E-state index is 9.88. The number of aromatic hydroxyl groups is 2. The molecule has 134 valence electrons. The molecular weight excluding hydrogens is 316 g/mol. The van der Waals surface area contributed by atoms with Crippen molar-refractivity contribution in [3.63, 3.8) is 0 Å². The van der Waals surface area contributed by atoms with Gasteiger partial charge in [0.2, 0.25) is 0 Å². The molecule has 1 saturated carbocycles. The van der Waals surface area contributed by atoms with Gasteiger partial charge in [-0.25, -0.2) is 4.98 Å². The van der Waals surface area contributed by atoms with Gasteiger partial charge in [0.05, 0.1) is 6.61 Å². The minimum atomic E-state index is -0.154. The zero-order chi connectivity index (χ0) is 18.0. The minimum absolute atomic E-state index is 0.138. The first-order valence-electron chi connectivity index (χ1n) is 8.86. The molecule has 5 nitrogen and oxygen atoms in total. The first kappa shape index (κ1) is 17.5. The molecule has 5 heteroatoms. The molecule has 1 fully saturated rings. The van der Waals surface area contributed by atoms with Crippen LogP contribution in [0, 0.1) is 12.8 Å². The summed E-state index contributed by atoms with van der Waals surface area (Å²) in [6.07, 6.45) is 2.49. The molecule has 1 aliphatic rings. The summed E-state index contributed by atoms with van der Waals surface area (Å²) in [7, 11) is 1.97. The Morgan fingerprint density at radius 2 is 2.00 bits per heavy atom. The first-order chi connectivity index (χ1) is 12.0. The molecule has 0 spiro atoms. The van der Waals surface area contributed by atoms with Crippen molar-refractivity contribution in [1.82, 2.24) is 10.3 Å². The summed E-state index contributed by atoms with van der Waals surface area (Å²) in [5.74, 6) is 1.50. The fourth-order valence-corrected chi connectivity index (χ4v) is 3.30. The summed E-state index contributed by atoms with van der Waals surface area (Å²) in [6, 6.07) is 6.89. The van der Waals surface area contributed by atoms with E-state index in [1.807, 2.05) is 20.9 Å². The van der Waals surface area contributed by atoms with Crippen molar-refractivity contribution in [1.29, 1.82) is 0 Å². The third-order valence-electron chi connectivity index (χ3n) is 4.71. The Morgan fingerprint density at radius 3 is 2.60 bits per heavy atom. The van der Waals surface area contributed by atoms with E-state index in [2.05, 4.69) is 11.4 Å². The van der Waals surface area contributed by atoms with E-state index in [-0.39, 0.29) is 11.5 Å². The number of benzene rings is 1. The Bertz CT molecular complexity index is 757. The second-order valence-electron chi connectivity index (χ2n) is 6.68. The van der Waals surface area contributed by atoms with Crippen LogP contribution in [0.15, 0.2) is 24.3 Å². The summed E-state index contributed by atoms with van der Waals surface area (Å²) < 4.78 is 5.84. The van der Waals surface area contributed by atoms with Gasteiger partial charge >= 0.3 is 0 Å². The van der Waals surface area contributed by atoms with Crippen LogP contribution in [0.4, 0.5) is 0 Å². The van der Waals surface area contributed by atoms with Gasteiger partial charge < -0.3 is 20.3 Å². The number of ether oxygens (including phenoxy) is 1. The van der Waals surface area contributed by atoms with Crippen LogP contribution in [0.3, 0.4) is 0 Å². The van der Waals surface area contributed by atoms with Gasteiger partial charge in [-0.2, -0.15) is 0 Å². The highest BCUT2D eigenvalue weighted by atomic mass is 16.5. The quantitative estimate of drug-likeness (QED) is 0.671. The van der Waals surface area contributed by atoms with Crippen molar-refractivity contribution < 1.29 is 14.9 Å². The number of phenols is 2. The molecule has 3 rings (SSSR count). The predicted molar refractivity (Wildman–Crippen MR) is 98.3 cm³/mol. The fourth-order valence-electron chi connectivity index (χ4n) is 3.30. The van der Waals surface area contributed by atoms with E-state index < -0.39 is 0 Å². The van der Waals surface area contributed by atoms with Gasteiger partial charge in [-0.15, -0.1) is 0 Å². The van der Waals surface area contributed by atoms with Crippen LogP contribution < -0.4 is 10.1 Å². The zero-order valence-electron chi connectivity index (χ0n) is 15.0. The summed E-state index contributed by atoms with van der Waals surface area (Å²) >= 11 is 0. The monoisotopic (exact) mass is 342 g/mol. The molecule has 0 saturated heterocycles. The van der Waals surface area contributed by atoms with E-state index in [1.165, 1.54) is 25.0 Å². The lowest BCUT2D eigenvalue weighted by molar-refractivity contribution is 0.337. The van der Waals surface area contributed by atoms with E-state index in [1.54, 1.807) is 6.07 Å². The van der Waals surface area contributed by atoms with Gasteiger partial charge in [-0.1, -0.05) is 0 Å². The lowest BCUT2D eigenvalue weighted by atomic mass is 9.96. The normalized spacial score (nSPS) is 15.2. The smallest absolute Gasteiger partial charge is 0.158 e. The third-order valence-corrected chi connectivity index (χ3v) is 4.71. The van der Waals surface area contributed by atoms with Gasteiger partial charge in [0.15, 0.2) is 11.5 Å².